The van der Waals surface area contributed by atoms with E-state index in [4.69, 9.17) is 16.3 Å². The molecular weight excluding hydrogens is 252 g/mol. The highest BCUT2D eigenvalue weighted by Gasteiger charge is 2.29. The van der Waals surface area contributed by atoms with Crippen LogP contribution in [0.5, 0.6) is 0 Å². The molecule has 18 heavy (non-hydrogen) atoms. The van der Waals surface area contributed by atoms with Crippen LogP contribution in [0.4, 0.5) is 5.82 Å². The Morgan fingerprint density at radius 2 is 2.11 bits per heavy atom. The Labute approximate surface area is 112 Å². The average Bonchev–Trinajstić information content (AvgIpc) is 2.89. The number of halogens is 1. The summed E-state index contributed by atoms with van der Waals surface area (Å²) in [7, 11) is 0. The second kappa shape index (κ2) is 5.38. The summed E-state index contributed by atoms with van der Waals surface area (Å²) < 4.78 is 5.39. The van der Waals surface area contributed by atoms with Crippen LogP contribution in [0, 0.1) is 0 Å². The molecule has 3 heterocycles. The van der Waals surface area contributed by atoms with Gasteiger partial charge in [-0.05, 0) is 24.1 Å². The lowest BCUT2D eigenvalue weighted by atomic mass is 10.2. The number of hydrogen-bond acceptors (Lipinski definition) is 5. The van der Waals surface area contributed by atoms with Gasteiger partial charge < -0.3 is 9.64 Å². The van der Waals surface area contributed by atoms with Crippen LogP contribution < -0.4 is 4.90 Å². The highest BCUT2D eigenvalue weighted by Crippen LogP contribution is 2.22. The maximum Gasteiger partial charge on any atom is 0.224 e. The van der Waals surface area contributed by atoms with Crippen molar-refractivity contribution in [1.82, 2.24) is 14.9 Å². The third kappa shape index (κ3) is 2.58. The van der Waals surface area contributed by atoms with Crippen LogP contribution in [-0.4, -0.2) is 60.3 Å². The first-order valence-corrected chi connectivity index (χ1v) is 6.76. The van der Waals surface area contributed by atoms with E-state index in [2.05, 4.69) is 19.8 Å². The zero-order chi connectivity index (χ0) is 12.4. The molecule has 98 valence electrons. The van der Waals surface area contributed by atoms with Gasteiger partial charge in [-0.2, -0.15) is 0 Å². The highest BCUT2D eigenvalue weighted by molar-refractivity contribution is 6.28. The highest BCUT2D eigenvalue weighted by atomic mass is 35.5. The van der Waals surface area contributed by atoms with E-state index in [1.54, 1.807) is 6.20 Å². The summed E-state index contributed by atoms with van der Waals surface area (Å²) in [6.45, 7) is 5.86. The van der Waals surface area contributed by atoms with Crippen molar-refractivity contribution in [3.05, 3.63) is 17.5 Å². The Bertz CT molecular complexity index is 411. The van der Waals surface area contributed by atoms with Crippen LogP contribution in [0.2, 0.25) is 5.28 Å². The number of hydrogen-bond donors (Lipinski definition) is 0. The minimum Gasteiger partial charge on any atom is -0.379 e. The van der Waals surface area contributed by atoms with Crippen molar-refractivity contribution in [2.24, 2.45) is 0 Å². The van der Waals surface area contributed by atoms with E-state index in [-0.39, 0.29) is 0 Å². The molecule has 0 unspecified atom stereocenters. The van der Waals surface area contributed by atoms with Gasteiger partial charge in [0.25, 0.3) is 0 Å². The monoisotopic (exact) mass is 268 g/mol. The normalized spacial score (nSPS) is 25.6. The van der Waals surface area contributed by atoms with Crippen LogP contribution in [0.1, 0.15) is 6.42 Å². The lowest BCUT2D eigenvalue weighted by Crippen LogP contribution is -2.44. The van der Waals surface area contributed by atoms with Crippen LogP contribution in [0.3, 0.4) is 0 Å². The molecule has 5 nitrogen and oxygen atoms in total. The fourth-order valence-electron chi connectivity index (χ4n) is 2.69. The molecule has 2 fully saturated rings. The zero-order valence-corrected chi connectivity index (χ0v) is 11.0. The van der Waals surface area contributed by atoms with Crippen LogP contribution in [0.15, 0.2) is 12.3 Å². The first-order chi connectivity index (χ1) is 8.83. The van der Waals surface area contributed by atoms with Gasteiger partial charge in [-0.15, -0.1) is 0 Å². The third-order valence-corrected chi connectivity index (χ3v) is 3.84. The summed E-state index contributed by atoms with van der Waals surface area (Å²) in [4.78, 5) is 13.0. The Kier molecular flexibility index (Phi) is 3.63. The van der Waals surface area contributed by atoms with Gasteiger partial charge in [0, 0.05) is 38.4 Å². The SMILES string of the molecule is Clc1nccc(N2CC[C@@H](N3CCOCC3)C2)n1. The summed E-state index contributed by atoms with van der Waals surface area (Å²) in [5.74, 6) is 0.936. The minimum atomic E-state index is 0.322. The standard InChI is InChI=1S/C12H17ClN4O/c13-12-14-3-1-11(15-12)17-4-2-10(9-17)16-5-7-18-8-6-16/h1,3,10H,2,4-9H2/t10-/m1/s1. The van der Waals surface area contributed by atoms with Gasteiger partial charge >= 0.3 is 0 Å². The topological polar surface area (TPSA) is 41.5 Å². The van der Waals surface area contributed by atoms with E-state index in [1.807, 2.05) is 6.07 Å². The van der Waals surface area contributed by atoms with Gasteiger partial charge in [0.2, 0.25) is 5.28 Å². The van der Waals surface area contributed by atoms with Crippen LogP contribution >= 0.6 is 11.6 Å². The Hall–Kier alpha value is -0.910. The summed E-state index contributed by atoms with van der Waals surface area (Å²) in [5.41, 5.74) is 0. The molecule has 0 aliphatic carbocycles. The van der Waals surface area contributed by atoms with Crippen molar-refractivity contribution >= 4 is 17.4 Å². The predicted octanol–water partition coefficient (Wildman–Crippen LogP) is 1.04. The number of ether oxygens (including phenoxy) is 1. The van der Waals surface area contributed by atoms with Crippen molar-refractivity contribution in [1.29, 1.82) is 0 Å². The minimum absolute atomic E-state index is 0.322. The molecule has 0 spiro atoms. The van der Waals surface area contributed by atoms with E-state index in [9.17, 15) is 0 Å². The second-order valence-electron chi connectivity index (χ2n) is 4.72. The predicted molar refractivity (Wildman–Crippen MR) is 70.1 cm³/mol. The van der Waals surface area contributed by atoms with Crippen molar-refractivity contribution in [2.45, 2.75) is 12.5 Å². The van der Waals surface area contributed by atoms with Gasteiger partial charge in [-0.1, -0.05) is 0 Å². The van der Waals surface area contributed by atoms with Crippen molar-refractivity contribution < 1.29 is 4.74 Å². The molecule has 6 heteroatoms. The number of anilines is 1. The molecule has 1 aromatic heterocycles. The van der Waals surface area contributed by atoms with E-state index in [1.165, 1.54) is 6.42 Å². The van der Waals surface area contributed by atoms with Crippen LogP contribution in [0.25, 0.3) is 0 Å². The maximum atomic E-state index is 5.83. The number of aromatic nitrogens is 2. The molecule has 0 bridgehead atoms. The molecular formula is C12H17ClN4O. The zero-order valence-electron chi connectivity index (χ0n) is 10.3. The molecule has 2 aliphatic heterocycles. The van der Waals surface area contributed by atoms with Gasteiger partial charge in [0.1, 0.15) is 5.82 Å². The van der Waals surface area contributed by atoms with E-state index < -0.39 is 0 Å². The third-order valence-electron chi connectivity index (χ3n) is 3.66. The fourth-order valence-corrected chi connectivity index (χ4v) is 2.84. The molecule has 1 atom stereocenters. The molecule has 2 aliphatic rings. The number of morpholine rings is 1. The Morgan fingerprint density at radius 3 is 2.89 bits per heavy atom. The quantitative estimate of drug-likeness (QED) is 0.750. The smallest absolute Gasteiger partial charge is 0.224 e. The lowest BCUT2D eigenvalue weighted by Gasteiger charge is -2.32. The van der Waals surface area contributed by atoms with Crippen molar-refractivity contribution in [3.8, 4) is 0 Å². The molecule has 2 saturated heterocycles. The van der Waals surface area contributed by atoms with Gasteiger partial charge in [0.15, 0.2) is 0 Å². The molecule has 0 aromatic carbocycles. The van der Waals surface area contributed by atoms with Gasteiger partial charge in [-0.25, -0.2) is 9.97 Å². The first kappa shape index (κ1) is 12.1. The summed E-state index contributed by atoms with van der Waals surface area (Å²) in [5, 5.41) is 0.322. The van der Waals surface area contributed by atoms with Crippen LogP contribution in [-0.2, 0) is 4.74 Å². The van der Waals surface area contributed by atoms with E-state index in [0.29, 0.717) is 11.3 Å². The summed E-state index contributed by atoms with van der Waals surface area (Å²) >= 11 is 5.83. The lowest BCUT2D eigenvalue weighted by molar-refractivity contribution is 0.0209. The average molecular weight is 269 g/mol. The molecule has 1 aromatic rings. The molecule has 0 N–H and O–H groups in total. The van der Waals surface area contributed by atoms with Gasteiger partial charge in [0.05, 0.1) is 13.2 Å². The second-order valence-corrected chi connectivity index (χ2v) is 5.06. The largest absolute Gasteiger partial charge is 0.379 e. The first-order valence-electron chi connectivity index (χ1n) is 6.38. The molecule has 3 rings (SSSR count). The number of rotatable bonds is 2. The Balaban J connectivity index is 1.64. The van der Waals surface area contributed by atoms with E-state index >= 15 is 0 Å². The molecule has 0 amide bonds. The number of nitrogens with zero attached hydrogens (tertiary/aromatic N) is 4. The van der Waals surface area contributed by atoms with E-state index in [0.717, 1.165) is 45.2 Å². The Morgan fingerprint density at radius 1 is 1.28 bits per heavy atom. The molecule has 0 radical (unpaired) electrons. The summed E-state index contributed by atoms with van der Waals surface area (Å²) in [6.07, 6.45) is 2.90. The molecule has 0 saturated carbocycles. The van der Waals surface area contributed by atoms with Crippen molar-refractivity contribution in [3.63, 3.8) is 0 Å². The van der Waals surface area contributed by atoms with Crippen molar-refractivity contribution in [2.75, 3.05) is 44.3 Å². The maximum absolute atomic E-state index is 5.83. The fraction of sp³-hybridized carbons (Fsp3) is 0.667. The van der Waals surface area contributed by atoms with Gasteiger partial charge in [-0.3, -0.25) is 4.90 Å². The summed E-state index contributed by atoms with van der Waals surface area (Å²) in [6, 6.07) is 2.54.